The average Bonchev–Trinajstić information content (AvgIpc) is 3.35. The molecule has 1 aromatic rings. The van der Waals surface area contributed by atoms with E-state index in [-0.39, 0.29) is 22.6 Å². The van der Waals surface area contributed by atoms with Crippen molar-refractivity contribution in [2.45, 2.75) is 68.4 Å². The molecule has 0 N–H and O–H groups in total. The summed E-state index contributed by atoms with van der Waals surface area (Å²) < 4.78 is 51.9. The van der Waals surface area contributed by atoms with Crippen molar-refractivity contribution in [3.63, 3.8) is 0 Å². The first kappa shape index (κ1) is 22.8. The van der Waals surface area contributed by atoms with Crippen molar-refractivity contribution in [3.05, 3.63) is 23.0 Å². The number of halogens is 2. The standard InChI is InChI=1S/C23H30ClFO5S/c1-23(11-14-6-7-15(8-14)12-23)13-30-19-10-18(25)21(9-17(19)24)31(27,28)20-5-3-4-16(20)22(26)29-2/h9-10,14-16,20H,3-8,11-13H2,1-2H3/t14-,15+,16?,20?,23?. The van der Waals surface area contributed by atoms with Gasteiger partial charge in [0.1, 0.15) is 16.5 Å². The number of esters is 1. The number of benzene rings is 1. The van der Waals surface area contributed by atoms with Crippen molar-refractivity contribution in [1.82, 2.24) is 0 Å². The van der Waals surface area contributed by atoms with Crippen molar-refractivity contribution in [1.29, 1.82) is 0 Å². The predicted octanol–water partition coefficient (Wildman–Crippen LogP) is 5.19. The SMILES string of the molecule is COC(=O)C1CCCC1S(=O)(=O)c1cc(Cl)c(OCC2(C)C[C@@H]3CC[C@@H](C3)C2)cc1F. The molecule has 172 valence electrons. The van der Waals surface area contributed by atoms with Gasteiger partial charge in [0.2, 0.25) is 0 Å². The maximum Gasteiger partial charge on any atom is 0.309 e. The highest BCUT2D eigenvalue weighted by atomic mass is 35.5. The second-order valence-corrected chi connectivity index (χ2v) is 12.5. The van der Waals surface area contributed by atoms with E-state index in [1.165, 1.54) is 26.4 Å². The maximum absolute atomic E-state index is 15.0. The number of carbonyl (C=O) groups excluding carboxylic acids is 1. The molecule has 1 aromatic carbocycles. The maximum atomic E-state index is 15.0. The highest BCUT2D eigenvalue weighted by Gasteiger charge is 2.44. The Bertz CT molecular complexity index is 951. The summed E-state index contributed by atoms with van der Waals surface area (Å²) in [6.07, 6.45) is 7.29. The van der Waals surface area contributed by atoms with Gasteiger partial charge in [-0.25, -0.2) is 12.8 Å². The number of fused-ring (bicyclic) bond motifs is 2. The number of sulfone groups is 1. The summed E-state index contributed by atoms with van der Waals surface area (Å²) >= 11 is 6.33. The Balaban J connectivity index is 1.52. The van der Waals surface area contributed by atoms with Gasteiger partial charge in [0.25, 0.3) is 0 Å². The molecule has 0 aromatic heterocycles. The van der Waals surface area contributed by atoms with E-state index in [1.54, 1.807) is 0 Å². The van der Waals surface area contributed by atoms with Crippen LogP contribution in [0, 0.1) is 29.0 Å². The van der Waals surface area contributed by atoms with Crippen LogP contribution < -0.4 is 4.74 Å². The summed E-state index contributed by atoms with van der Waals surface area (Å²) in [6, 6.07) is 2.19. The lowest BCUT2D eigenvalue weighted by atomic mass is 9.71. The predicted molar refractivity (Wildman–Crippen MR) is 115 cm³/mol. The van der Waals surface area contributed by atoms with Crippen LogP contribution in [-0.2, 0) is 19.4 Å². The van der Waals surface area contributed by atoms with E-state index in [4.69, 9.17) is 21.1 Å². The van der Waals surface area contributed by atoms with Gasteiger partial charge in [0.15, 0.2) is 9.84 Å². The first-order valence-corrected chi connectivity index (χ1v) is 13.0. The molecule has 3 saturated carbocycles. The fourth-order valence-corrected chi connectivity index (χ4v) is 8.50. The fraction of sp³-hybridized carbons (Fsp3) is 0.696. The Hall–Kier alpha value is -1.34. The van der Waals surface area contributed by atoms with Gasteiger partial charge in [-0.15, -0.1) is 0 Å². The van der Waals surface area contributed by atoms with Crippen LogP contribution in [0.15, 0.2) is 17.0 Å². The van der Waals surface area contributed by atoms with E-state index >= 15 is 0 Å². The van der Waals surface area contributed by atoms with Crippen molar-refractivity contribution >= 4 is 27.4 Å². The van der Waals surface area contributed by atoms with Crippen molar-refractivity contribution in [3.8, 4) is 5.75 Å². The van der Waals surface area contributed by atoms with Gasteiger partial charge in [-0.05, 0) is 50.0 Å². The monoisotopic (exact) mass is 472 g/mol. The normalized spacial score (nSPS) is 32.8. The molecule has 0 amide bonds. The molecule has 8 heteroatoms. The molecule has 31 heavy (non-hydrogen) atoms. The summed E-state index contributed by atoms with van der Waals surface area (Å²) in [6.45, 7) is 2.63. The van der Waals surface area contributed by atoms with Gasteiger partial charge >= 0.3 is 5.97 Å². The molecule has 0 spiro atoms. The quantitative estimate of drug-likeness (QED) is 0.533. The van der Waals surface area contributed by atoms with Gasteiger partial charge in [-0.3, -0.25) is 4.79 Å². The highest BCUT2D eigenvalue weighted by Crippen LogP contribution is 2.50. The van der Waals surface area contributed by atoms with Crippen LogP contribution in [0.1, 0.15) is 58.3 Å². The zero-order chi connectivity index (χ0) is 22.4. The van der Waals surface area contributed by atoms with Crippen LogP contribution in [0.25, 0.3) is 0 Å². The molecule has 5 atom stereocenters. The van der Waals surface area contributed by atoms with Gasteiger partial charge in [-0.2, -0.15) is 0 Å². The van der Waals surface area contributed by atoms with Crippen LogP contribution in [-0.4, -0.2) is 33.4 Å². The lowest BCUT2D eigenvalue weighted by Gasteiger charge is -2.37. The van der Waals surface area contributed by atoms with Gasteiger partial charge in [0, 0.05) is 11.5 Å². The first-order valence-electron chi connectivity index (χ1n) is 11.1. The third-order valence-corrected chi connectivity index (χ3v) is 10.0. The highest BCUT2D eigenvalue weighted by molar-refractivity contribution is 7.92. The Kier molecular flexibility index (Phi) is 6.29. The van der Waals surface area contributed by atoms with E-state index in [2.05, 4.69) is 6.92 Å². The van der Waals surface area contributed by atoms with E-state index < -0.39 is 37.7 Å². The molecule has 4 rings (SSSR count). The van der Waals surface area contributed by atoms with E-state index in [1.807, 2.05) is 0 Å². The number of rotatable bonds is 6. The lowest BCUT2D eigenvalue weighted by molar-refractivity contribution is -0.145. The zero-order valence-electron chi connectivity index (χ0n) is 18.0. The third-order valence-electron chi connectivity index (χ3n) is 7.44. The Morgan fingerprint density at radius 1 is 1.19 bits per heavy atom. The molecule has 3 unspecified atom stereocenters. The summed E-state index contributed by atoms with van der Waals surface area (Å²) in [5.41, 5.74) is 0.0201. The number of hydrogen-bond acceptors (Lipinski definition) is 5. The van der Waals surface area contributed by atoms with E-state index in [0.29, 0.717) is 19.4 Å². The van der Waals surface area contributed by atoms with Crippen LogP contribution >= 0.6 is 11.6 Å². The summed E-state index contributed by atoms with van der Waals surface area (Å²) in [5.74, 6) is -0.627. The molecule has 2 bridgehead atoms. The summed E-state index contributed by atoms with van der Waals surface area (Å²) in [7, 11) is -2.85. The number of methoxy groups -OCH3 is 1. The lowest BCUT2D eigenvalue weighted by Crippen LogP contribution is -2.32. The molecular weight excluding hydrogens is 443 g/mol. The molecule has 3 fully saturated rings. The fourth-order valence-electron chi connectivity index (χ4n) is 6.12. The van der Waals surface area contributed by atoms with Gasteiger partial charge in [0.05, 0.1) is 29.9 Å². The molecule has 0 aliphatic heterocycles. The molecule has 0 heterocycles. The Morgan fingerprint density at radius 2 is 1.87 bits per heavy atom. The molecule has 3 aliphatic carbocycles. The van der Waals surface area contributed by atoms with Gasteiger partial charge in [-0.1, -0.05) is 37.8 Å². The Morgan fingerprint density at radius 3 is 2.52 bits per heavy atom. The topological polar surface area (TPSA) is 69.7 Å². The molecule has 0 saturated heterocycles. The minimum Gasteiger partial charge on any atom is -0.491 e. The van der Waals surface area contributed by atoms with Crippen LogP contribution in [0.2, 0.25) is 5.02 Å². The zero-order valence-corrected chi connectivity index (χ0v) is 19.6. The minimum atomic E-state index is -4.08. The van der Waals surface area contributed by atoms with Gasteiger partial charge < -0.3 is 9.47 Å². The van der Waals surface area contributed by atoms with Crippen LogP contribution in [0.3, 0.4) is 0 Å². The molecule has 0 radical (unpaired) electrons. The number of ether oxygens (including phenoxy) is 2. The average molecular weight is 473 g/mol. The minimum absolute atomic E-state index is 0.0201. The molecular formula is C23H30ClFO5S. The largest absolute Gasteiger partial charge is 0.491 e. The summed E-state index contributed by atoms with van der Waals surface area (Å²) in [4.78, 5) is 11.5. The van der Waals surface area contributed by atoms with Crippen molar-refractivity contribution in [2.24, 2.45) is 23.2 Å². The third kappa shape index (κ3) is 4.45. The molecule has 5 nitrogen and oxygen atoms in total. The van der Waals surface area contributed by atoms with Crippen molar-refractivity contribution in [2.75, 3.05) is 13.7 Å². The number of hydrogen-bond donors (Lipinski definition) is 0. The second kappa shape index (κ2) is 8.54. The first-order chi connectivity index (χ1) is 14.6. The van der Waals surface area contributed by atoms with Crippen LogP contribution in [0.5, 0.6) is 5.75 Å². The van der Waals surface area contributed by atoms with Crippen molar-refractivity contribution < 1.29 is 27.1 Å². The summed E-state index contributed by atoms with van der Waals surface area (Å²) in [5, 5.41) is -0.941. The van der Waals surface area contributed by atoms with Crippen LogP contribution in [0.4, 0.5) is 4.39 Å². The Labute approximate surface area is 188 Å². The smallest absolute Gasteiger partial charge is 0.309 e. The van der Waals surface area contributed by atoms with E-state index in [0.717, 1.165) is 36.8 Å². The second-order valence-electron chi connectivity index (χ2n) is 9.91. The molecule has 3 aliphatic rings. The number of carbonyl (C=O) groups is 1. The van der Waals surface area contributed by atoms with E-state index in [9.17, 15) is 17.6 Å².